The number of amides is 1. The summed E-state index contributed by atoms with van der Waals surface area (Å²) in [7, 11) is 0. The Bertz CT molecular complexity index is 787. The number of hydrogen-bond acceptors (Lipinski definition) is 5. The van der Waals surface area contributed by atoms with Crippen LogP contribution in [0.5, 0.6) is 0 Å². The molecule has 314 valence electrons. The second-order valence-electron chi connectivity index (χ2n) is 16.1. The number of aliphatic hydroxyl groups excluding tert-OH is 2. The Morgan fingerprint density at radius 1 is 0.509 bits per heavy atom. The van der Waals surface area contributed by atoms with Crippen LogP contribution < -0.4 is 5.32 Å². The minimum absolute atomic E-state index is 0.0268. The average molecular weight is 750 g/mol. The molecule has 6 nitrogen and oxygen atoms in total. The molecule has 0 aliphatic carbocycles. The molecule has 0 aromatic heterocycles. The Kier molecular flexibility index (Phi) is 42.2. The molecule has 0 rings (SSSR count). The normalized spacial score (nSPS) is 12.8. The highest BCUT2D eigenvalue weighted by Crippen LogP contribution is 2.15. The van der Waals surface area contributed by atoms with E-state index in [2.05, 4.69) is 19.2 Å². The minimum atomic E-state index is -0.859. The van der Waals surface area contributed by atoms with Crippen molar-refractivity contribution in [3.8, 4) is 0 Å². The van der Waals surface area contributed by atoms with Crippen molar-refractivity contribution in [1.82, 2.24) is 5.32 Å². The number of ether oxygens (including phenoxy) is 1. The van der Waals surface area contributed by atoms with E-state index in [0.717, 1.165) is 57.8 Å². The molecule has 0 spiro atoms. The van der Waals surface area contributed by atoms with Crippen LogP contribution >= 0.6 is 0 Å². The fraction of sp³-hybridized carbons (Fsp3) is 0.915. The number of aliphatic hydroxyl groups is 2. The van der Waals surface area contributed by atoms with E-state index in [1.807, 2.05) is 6.08 Å². The number of allylic oxidation sites excluding steroid dienone is 1. The first-order valence-electron chi connectivity index (χ1n) is 23.5. The summed E-state index contributed by atoms with van der Waals surface area (Å²) in [6, 6.07) is -0.645. The van der Waals surface area contributed by atoms with Crippen LogP contribution in [0.15, 0.2) is 12.2 Å². The third-order valence-electron chi connectivity index (χ3n) is 10.8. The zero-order valence-corrected chi connectivity index (χ0v) is 35.5. The Balaban J connectivity index is 3.54. The summed E-state index contributed by atoms with van der Waals surface area (Å²) >= 11 is 0. The number of esters is 1. The largest absolute Gasteiger partial charge is 0.466 e. The van der Waals surface area contributed by atoms with Gasteiger partial charge in [-0.3, -0.25) is 9.59 Å². The van der Waals surface area contributed by atoms with Crippen LogP contribution in [-0.4, -0.2) is 47.4 Å². The number of rotatable bonds is 43. The van der Waals surface area contributed by atoms with E-state index in [0.29, 0.717) is 19.4 Å². The number of hydrogen-bond donors (Lipinski definition) is 3. The topological polar surface area (TPSA) is 95.9 Å². The van der Waals surface area contributed by atoms with Crippen LogP contribution in [0.1, 0.15) is 251 Å². The molecule has 0 aliphatic rings. The van der Waals surface area contributed by atoms with Crippen LogP contribution in [0, 0.1) is 0 Å². The predicted molar refractivity (Wildman–Crippen MR) is 227 cm³/mol. The van der Waals surface area contributed by atoms with Gasteiger partial charge in [-0.15, -0.1) is 0 Å². The molecule has 0 heterocycles. The number of carbonyl (C=O) groups excluding carboxylic acids is 2. The van der Waals surface area contributed by atoms with Crippen molar-refractivity contribution < 1.29 is 24.5 Å². The number of nitrogens with one attached hydrogen (secondary N) is 1. The van der Waals surface area contributed by atoms with Crippen molar-refractivity contribution in [2.45, 2.75) is 264 Å². The van der Waals surface area contributed by atoms with Crippen molar-refractivity contribution >= 4 is 11.9 Å². The fourth-order valence-electron chi connectivity index (χ4n) is 7.16. The van der Waals surface area contributed by atoms with Crippen molar-refractivity contribution in [2.75, 3.05) is 13.2 Å². The molecule has 3 N–H and O–H groups in total. The summed E-state index contributed by atoms with van der Waals surface area (Å²) < 4.78 is 5.43. The van der Waals surface area contributed by atoms with Gasteiger partial charge >= 0.3 is 5.97 Å². The molecular formula is C47H91NO5. The monoisotopic (exact) mass is 750 g/mol. The molecule has 53 heavy (non-hydrogen) atoms. The van der Waals surface area contributed by atoms with Crippen molar-refractivity contribution in [3.05, 3.63) is 12.2 Å². The van der Waals surface area contributed by atoms with Gasteiger partial charge in [0, 0.05) is 12.8 Å². The average Bonchev–Trinajstić information content (AvgIpc) is 3.16. The maximum atomic E-state index is 12.4. The Labute approximate surface area is 329 Å². The van der Waals surface area contributed by atoms with Gasteiger partial charge in [-0.1, -0.05) is 219 Å². The fourth-order valence-corrected chi connectivity index (χ4v) is 7.16. The second-order valence-corrected chi connectivity index (χ2v) is 16.1. The van der Waals surface area contributed by atoms with E-state index in [1.165, 1.54) is 167 Å². The first kappa shape index (κ1) is 51.6. The van der Waals surface area contributed by atoms with Crippen LogP contribution in [0.3, 0.4) is 0 Å². The molecule has 1 amide bonds. The standard InChI is InChI=1S/C47H91NO5/c1-3-5-7-9-11-13-15-17-18-19-20-23-27-31-35-39-45(50)44(43-49)48-46(51)40-36-32-28-24-22-26-30-34-38-42-53-47(52)41-37-33-29-25-21-16-14-12-10-8-6-4-2/h35,39,44-45,49-50H,3-34,36-38,40-43H2,1-2H3,(H,48,51)/b39-35+. The van der Waals surface area contributed by atoms with Gasteiger partial charge in [0.15, 0.2) is 0 Å². The van der Waals surface area contributed by atoms with Gasteiger partial charge in [0.1, 0.15) is 0 Å². The summed E-state index contributed by atoms with van der Waals surface area (Å²) in [6.45, 7) is 4.83. The molecule has 0 bridgehead atoms. The maximum absolute atomic E-state index is 12.4. The van der Waals surface area contributed by atoms with E-state index in [1.54, 1.807) is 6.08 Å². The summed E-state index contributed by atoms with van der Waals surface area (Å²) in [5.41, 5.74) is 0. The molecule has 0 aromatic rings. The van der Waals surface area contributed by atoms with Gasteiger partial charge in [0.25, 0.3) is 0 Å². The molecule has 0 saturated carbocycles. The van der Waals surface area contributed by atoms with Crippen LogP contribution in [0.25, 0.3) is 0 Å². The van der Waals surface area contributed by atoms with Gasteiger partial charge in [-0.2, -0.15) is 0 Å². The summed E-state index contributed by atoms with van der Waals surface area (Å²) in [5.74, 6) is -0.121. The predicted octanol–water partition coefficient (Wildman–Crippen LogP) is 13.4. The van der Waals surface area contributed by atoms with Crippen LogP contribution in [-0.2, 0) is 14.3 Å². The van der Waals surface area contributed by atoms with Gasteiger partial charge in [0.2, 0.25) is 5.91 Å². The van der Waals surface area contributed by atoms with Gasteiger partial charge in [0.05, 0.1) is 25.4 Å². The molecule has 6 heteroatoms. The Hall–Kier alpha value is -1.40. The first-order valence-corrected chi connectivity index (χ1v) is 23.5. The lowest BCUT2D eigenvalue weighted by atomic mass is 10.0. The minimum Gasteiger partial charge on any atom is -0.466 e. The molecular weight excluding hydrogens is 659 g/mol. The maximum Gasteiger partial charge on any atom is 0.305 e. The van der Waals surface area contributed by atoms with E-state index in [4.69, 9.17) is 4.74 Å². The molecule has 0 radical (unpaired) electrons. The molecule has 0 aliphatic heterocycles. The highest BCUT2D eigenvalue weighted by atomic mass is 16.5. The Morgan fingerprint density at radius 3 is 1.28 bits per heavy atom. The van der Waals surface area contributed by atoms with Gasteiger partial charge in [-0.25, -0.2) is 0 Å². The van der Waals surface area contributed by atoms with Crippen LogP contribution in [0.4, 0.5) is 0 Å². The SMILES string of the molecule is CCCCCCCCCCCCCCC/C=C/C(O)C(CO)NC(=O)CCCCCCCCCCCOC(=O)CCCCCCCCCCCCCC. The quantitative estimate of drug-likeness (QED) is 0.0328. The van der Waals surface area contributed by atoms with E-state index in [9.17, 15) is 19.8 Å². The highest BCUT2D eigenvalue weighted by molar-refractivity contribution is 5.76. The molecule has 0 saturated heterocycles. The van der Waals surface area contributed by atoms with E-state index < -0.39 is 12.1 Å². The van der Waals surface area contributed by atoms with Crippen molar-refractivity contribution in [2.24, 2.45) is 0 Å². The third-order valence-corrected chi connectivity index (χ3v) is 10.8. The lowest BCUT2D eigenvalue weighted by Gasteiger charge is -2.20. The summed E-state index contributed by atoms with van der Waals surface area (Å²) in [4.78, 5) is 24.4. The van der Waals surface area contributed by atoms with Gasteiger partial charge < -0.3 is 20.3 Å². The van der Waals surface area contributed by atoms with Crippen molar-refractivity contribution in [1.29, 1.82) is 0 Å². The van der Waals surface area contributed by atoms with E-state index in [-0.39, 0.29) is 18.5 Å². The second kappa shape index (κ2) is 43.3. The van der Waals surface area contributed by atoms with Crippen LogP contribution in [0.2, 0.25) is 0 Å². The lowest BCUT2D eigenvalue weighted by molar-refractivity contribution is -0.143. The molecule has 2 atom stereocenters. The molecule has 2 unspecified atom stereocenters. The smallest absolute Gasteiger partial charge is 0.305 e. The zero-order valence-electron chi connectivity index (χ0n) is 35.5. The van der Waals surface area contributed by atoms with Crippen molar-refractivity contribution in [3.63, 3.8) is 0 Å². The lowest BCUT2D eigenvalue weighted by Crippen LogP contribution is -2.45. The number of carbonyl (C=O) groups is 2. The summed E-state index contributed by atoms with van der Waals surface area (Å²) in [5, 5.41) is 23.0. The molecule has 0 aromatic carbocycles. The van der Waals surface area contributed by atoms with Gasteiger partial charge in [-0.05, 0) is 32.1 Å². The van der Waals surface area contributed by atoms with E-state index >= 15 is 0 Å². The summed E-state index contributed by atoms with van der Waals surface area (Å²) in [6.07, 6.45) is 47.6. The Morgan fingerprint density at radius 2 is 0.868 bits per heavy atom. The zero-order chi connectivity index (χ0) is 38.7. The third kappa shape index (κ3) is 40.1. The first-order chi connectivity index (χ1) is 26.0. The number of unbranched alkanes of at least 4 members (excludes halogenated alkanes) is 32. The molecule has 0 fully saturated rings. The highest BCUT2D eigenvalue weighted by Gasteiger charge is 2.18.